The lowest BCUT2D eigenvalue weighted by Gasteiger charge is -2.33. The fourth-order valence-corrected chi connectivity index (χ4v) is 5.00. The molecule has 0 aliphatic carbocycles. The maximum absolute atomic E-state index is 13.3. The number of aromatic nitrogens is 1. The van der Waals surface area contributed by atoms with E-state index in [1.54, 1.807) is 24.4 Å². The van der Waals surface area contributed by atoms with E-state index in [0.29, 0.717) is 10.5 Å². The van der Waals surface area contributed by atoms with Gasteiger partial charge in [-0.15, -0.1) is 0 Å². The molecule has 0 saturated carbocycles. The van der Waals surface area contributed by atoms with Crippen molar-refractivity contribution in [2.75, 3.05) is 38.1 Å². The summed E-state index contributed by atoms with van der Waals surface area (Å²) in [6.07, 6.45) is 1.74. The van der Waals surface area contributed by atoms with Crippen molar-refractivity contribution in [1.29, 1.82) is 0 Å². The number of benzene rings is 2. The number of rotatable bonds is 3. The number of hydrogen-bond donors (Lipinski definition) is 0. The van der Waals surface area contributed by atoms with Gasteiger partial charge in [0.15, 0.2) is 0 Å². The molecule has 0 bridgehead atoms. The summed E-state index contributed by atoms with van der Waals surface area (Å²) in [6.45, 7) is 5.56. The van der Waals surface area contributed by atoms with Crippen molar-refractivity contribution < 1.29 is 8.42 Å². The van der Waals surface area contributed by atoms with Crippen molar-refractivity contribution >= 4 is 38.2 Å². The van der Waals surface area contributed by atoms with Gasteiger partial charge in [0.05, 0.1) is 16.1 Å². The van der Waals surface area contributed by atoms with Gasteiger partial charge in [-0.05, 0) is 44.3 Å². The van der Waals surface area contributed by atoms with E-state index in [9.17, 15) is 8.42 Å². The van der Waals surface area contributed by atoms with E-state index in [0.717, 1.165) is 42.8 Å². The van der Waals surface area contributed by atoms with Gasteiger partial charge in [0.2, 0.25) is 0 Å². The molecule has 0 N–H and O–H groups in total. The van der Waals surface area contributed by atoms with Gasteiger partial charge < -0.3 is 9.80 Å². The van der Waals surface area contributed by atoms with Gasteiger partial charge in [0.1, 0.15) is 0 Å². The van der Waals surface area contributed by atoms with Crippen molar-refractivity contribution in [3.63, 3.8) is 0 Å². The summed E-state index contributed by atoms with van der Waals surface area (Å²) < 4.78 is 28.0. The predicted molar refractivity (Wildman–Crippen MR) is 110 cm³/mol. The first kappa shape index (κ1) is 18.3. The molecule has 5 nitrogen and oxygen atoms in total. The molecule has 2 heterocycles. The normalized spacial score (nSPS) is 16.2. The third kappa shape index (κ3) is 3.33. The first-order chi connectivity index (χ1) is 12.9. The second kappa shape index (κ2) is 6.86. The molecule has 0 atom stereocenters. The molecule has 7 heteroatoms. The summed E-state index contributed by atoms with van der Waals surface area (Å²) in [6, 6.07) is 12.4. The molecule has 0 spiro atoms. The lowest BCUT2D eigenvalue weighted by atomic mass is 10.2. The number of halogens is 1. The fourth-order valence-electron chi connectivity index (χ4n) is 3.48. The van der Waals surface area contributed by atoms with E-state index in [-0.39, 0.29) is 4.90 Å². The van der Waals surface area contributed by atoms with Gasteiger partial charge in [0, 0.05) is 42.8 Å². The van der Waals surface area contributed by atoms with Gasteiger partial charge in [-0.25, -0.2) is 12.4 Å². The largest absolute Gasteiger partial charge is 0.367 e. The SMILES string of the molecule is Cc1ccc(S(=O)(=O)n2cc(N3CCN(C)CC3)c3ccc(Cl)cc32)cc1. The molecule has 0 radical (unpaired) electrons. The standard InChI is InChI=1S/C20H22ClN3O2S/c1-15-3-6-17(7-4-15)27(25,26)24-14-20(23-11-9-22(2)10-12-23)18-8-5-16(21)13-19(18)24/h3-8,13-14H,9-12H2,1-2H3. The van der Waals surface area contributed by atoms with Gasteiger partial charge in [-0.3, -0.25) is 0 Å². The lowest BCUT2D eigenvalue weighted by molar-refractivity contribution is 0.313. The van der Waals surface area contributed by atoms with E-state index in [4.69, 9.17) is 11.6 Å². The lowest BCUT2D eigenvalue weighted by Crippen LogP contribution is -2.44. The molecule has 3 aromatic rings. The topological polar surface area (TPSA) is 45.6 Å². The molecule has 1 saturated heterocycles. The molecule has 4 rings (SSSR count). The van der Waals surface area contributed by atoms with Crippen LogP contribution in [0.15, 0.2) is 53.6 Å². The van der Waals surface area contributed by atoms with Gasteiger partial charge in [0.25, 0.3) is 10.0 Å². The molecule has 0 unspecified atom stereocenters. The predicted octanol–water partition coefficient (Wildman–Crippen LogP) is 3.59. The fraction of sp³-hybridized carbons (Fsp3) is 0.300. The number of fused-ring (bicyclic) bond motifs is 1. The van der Waals surface area contributed by atoms with E-state index < -0.39 is 10.0 Å². The van der Waals surface area contributed by atoms with Gasteiger partial charge >= 0.3 is 0 Å². The van der Waals surface area contributed by atoms with Crippen LogP contribution in [-0.2, 0) is 10.0 Å². The maximum Gasteiger partial charge on any atom is 0.268 e. The number of likely N-dealkylation sites (N-methyl/N-ethyl adjacent to an activating group) is 1. The third-order valence-electron chi connectivity index (χ3n) is 5.13. The monoisotopic (exact) mass is 403 g/mol. The van der Waals surface area contributed by atoms with Crippen LogP contribution in [0.3, 0.4) is 0 Å². The van der Waals surface area contributed by atoms with Gasteiger partial charge in [-0.2, -0.15) is 0 Å². The Kier molecular flexibility index (Phi) is 4.66. The molecule has 142 valence electrons. The highest BCUT2D eigenvalue weighted by molar-refractivity contribution is 7.90. The Labute approximate surface area is 164 Å². The molecular formula is C20H22ClN3O2S. The zero-order chi connectivity index (χ0) is 19.2. The average Bonchev–Trinajstić information content (AvgIpc) is 3.02. The number of aryl methyl sites for hydroxylation is 1. The molecule has 0 amide bonds. The van der Waals surface area contributed by atoms with Crippen LogP contribution in [0.1, 0.15) is 5.56 Å². The van der Waals surface area contributed by atoms with Crippen LogP contribution in [0.4, 0.5) is 5.69 Å². The summed E-state index contributed by atoms with van der Waals surface area (Å²) in [7, 11) is -1.61. The molecule has 1 aliphatic heterocycles. The van der Waals surface area contributed by atoms with Crippen molar-refractivity contribution in [2.45, 2.75) is 11.8 Å². The van der Waals surface area contributed by atoms with Crippen LogP contribution in [-0.4, -0.2) is 50.5 Å². The Balaban J connectivity index is 1.88. The van der Waals surface area contributed by atoms with E-state index in [1.807, 2.05) is 31.2 Å². The van der Waals surface area contributed by atoms with E-state index in [2.05, 4.69) is 16.8 Å². The van der Waals surface area contributed by atoms with Crippen LogP contribution in [0.5, 0.6) is 0 Å². The van der Waals surface area contributed by atoms with Crippen molar-refractivity contribution in [3.8, 4) is 0 Å². The highest BCUT2D eigenvalue weighted by Gasteiger charge is 2.25. The number of anilines is 1. The van der Waals surface area contributed by atoms with Crippen LogP contribution in [0.2, 0.25) is 5.02 Å². The van der Waals surface area contributed by atoms with Crippen LogP contribution >= 0.6 is 11.6 Å². The average molecular weight is 404 g/mol. The summed E-state index contributed by atoms with van der Waals surface area (Å²) in [4.78, 5) is 4.79. The zero-order valence-corrected chi connectivity index (χ0v) is 17.0. The first-order valence-corrected chi connectivity index (χ1v) is 10.7. The van der Waals surface area contributed by atoms with E-state index in [1.165, 1.54) is 3.97 Å². The number of piperazine rings is 1. The summed E-state index contributed by atoms with van der Waals surface area (Å²) >= 11 is 6.19. The second-order valence-electron chi connectivity index (χ2n) is 7.08. The molecule has 1 aliphatic rings. The Morgan fingerprint density at radius 1 is 0.963 bits per heavy atom. The van der Waals surface area contributed by atoms with Crippen LogP contribution in [0.25, 0.3) is 10.9 Å². The maximum atomic E-state index is 13.3. The highest BCUT2D eigenvalue weighted by atomic mass is 35.5. The smallest absolute Gasteiger partial charge is 0.268 e. The summed E-state index contributed by atoms with van der Waals surface area (Å²) in [5, 5.41) is 1.42. The first-order valence-electron chi connectivity index (χ1n) is 8.92. The van der Waals surface area contributed by atoms with Crippen molar-refractivity contribution in [1.82, 2.24) is 8.87 Å². The number of nitrogens with zero attached hydrogens (tertiary/aromatic N) is 3. The molecule has 1 aromatic heterocycles. The molecule has 27 heavy (non-hydrogen) atoms. The van der Waals surface area contributed by atoms with Gasteiger partial charge in [-0.1, -0.05) is 29.3 Å². The minimum Gasteiger partial charge on any atom is -0.367 e. The third-order valence-corrected chi connectivity index (χ3v) is 7.06. The molecular weight excluding hydrogens is 382 g/mol. The zero-order valence-electron chi connectivity index (χ0n) is 15.4. The van der Waals surface area contributed by atoms with E-state index >= 15 is 0 Å². The molecule has 1 fully saturated rings. The number of hydrogen-bond acceptors (Lipinski definition) is 4. The van der Waals surface area contributed by atoms with Crippen molar-refractivity contribution in [2.24, 2.45) is 0 Å². The summed E-state index contributed by atoms with van der Waals surface area (Å²) in [5.74, 6) is 0. The van der Waals surface area contributed by atoms with Crippen LogP contribution in [0, 0.1) is 6.92 Å². The van der Waals surface area contributed by atoms with Crippen molar-refractivity contribution in [3.05, 3.63) is 59.2 Å². The Morgan fingerprint density at radius 2 is 1.63 bits per heavy atom. The Hall–Kier alpha value is -2.02. The minimum absolute atomic E-state index is 0.273. The quantitative estimate of drug-likeness (QED) is 0.670. The Bertz CT molecular complexity index is 1080. The molecule has 2 aromatic carbocycles. The second-order valence-corrected chi connectivity index (χ2v) is 9.33. The highest BCUT2D eigenvalue weighted by Crippen LogP contribution is 2.34. The minimum atomic E-state index is -3.71. The summed E-state index contributed by atoms with van der Waals surface area (Å²) in [5.41, 5.74) is 2.56. The van der Waals surface area contributed by atoms with Crippen LogP contribution < -0.4 is 4.90 Å². The Morgan fingerprint density at radius 3 is 2.30 bits per heavy atom.